The van der Waals surface area contributed by atoms with Crippen LogP contribution in [0.15, 0.2) is 40.8 Å². The summed E-state index contributed by atoms with van der Waals surface area (Å²) in [6.45, 7) is 5.85. The monoisotopic (exact) mass is 414 g/mol. The molecule has 2 aromatic rings. The van der Waals surface area contributed by atoms with Gasteiger partial charge in [0.05, 0.1) is 4.92 Å². The third-order valence-corrected chi connectivity index (χ3v) is 5.86. The Morgan fingerprint density at radius 2 is 1.87 bits per heavy atom. The number of hydrogen-bond acceptors (Lipinski definition) is 6. The van der Waals surface area contributed by atoms with Crippen LogP contribution in [0.3, 0.4) is 0 Å². The zero-order chi connectivity index (χ0) is 21.8. The first-order chi connectivity index (χ1) is 14.3. The van der Waals surface area contributed by atoms with Gasteiger partial charge in [-0.05, 0) is 49.4 Å². The van der Waals surface area contributed by atoms with Crippen molar-refractivity contribution in [3.63, 3.8) is 0 Å². The van der Waals surface area contributed by atoms with E-state index in [0.29, 0.717) is 23.2 Å². The van der Waals surface area contributed by atoms with E-state index in [2.05, 4.69) is 19.2 Å². The van der Waals surface area contributed by atoms with E-state index in [1.165, 1.54) is 37.3 Å². The molecule has 1 aromatic heterocycles. The molecule has 0 radical (unpaired) electrons. The fourth-order valence-electron chi connectivity index (χ4n) is 3.71. The van der Waals surface area contributed by atoms with E-state index in [0.717, 1.165) is 19.3 Å². The van der Waals surface area contributed by atoms with Gasteiger partial charge in [-0.25, -0.2) is 4.79 Å². The number of carbonyl (C=O) groups excluding carboxylic acids is 2. The molecule has 0 unspecified atom stereocenters. The first kappa shape index (κ1) is 21.5. The maximum Gasteiger partial charge on any atom is 0.375 e. The van der Waals surface area contributed by atoms with Gasteiger partial charge in [0, 0.05) is 23.7 Å². The fourth-order valence-corrected chi connectivity index (χ4v) is 3.71. The van der Waals surface area contributed by atoms with Crippen molar-refractivity contribution in [2.45, 2.75) is 52.2 Å². The summed E-state index contributed by atoms with van der Waals surface area (Å²) in [5.41, 5.74) is 0.553. The number of hydrogen-bond donors (Lipinski definition) is 1. The lowest BCUT2D eigenvalue weighted by Gasteiger charge is -2.35. The quantitative estimate of drug-likeness (QED) is 0.427. The van der Waals surface area contributed by atoms with E-state index in [4.69, 9.17) is 9.15 Å². The van der Waals surface area contributed by atoms with E-state index in [1.54, 1.807) is 6.07 Å². The van der Waals surface area contributed by atoms with Gasteiger partial charge < -0.3 is 14.5 Å². The predicted molar refractivity (Wildman–Crippen MR) is 110 cm³/mol. The third-order valence-electron chi connectivity index (χ3n) is 5.86. The van der Waals surface area contributed by atoms with Crippen LogP contribution >= 0.6 is 0 Å². The molecule has 1 fully saturated rings. The second-order valence-electron chi connectivity index (χ2n) is 7.90. The lowest BCUT2D eigenvalue weighted by Crippen LogP contribution is -2.47. The normalized spacial score (nSPS) is 22.2. The Morgan fingerprint density at radius 3 is 2.53 bits per heavy atom. The van der Waals surface area contributed by atoms with Gasteiger partial charge in [-0.1, -0.05) is 26.7 Å². The van der Waals surface area contributed by atoms with Crippen LogP contribution in [0.25, 0.3) is 11.3 Å². The molecule has 8 heteroatoms. The highest BCUT2D eigenvalue weighted by molar-refractivity contribution is 5.90. The van der Waals surface area contributed by atoms with Gasteiger partial charge in [0.25, 0.3) is 11.6 Å². The highest BCUT2D eigenvalue weighted by Gasteiger charge is 2.30. The first-order valence-corrected chi connectivity index (χ1v) is 10.1. The second kappa shape index (κ2) is 9.11. The number of carbonyl (C=O) groups is 2. The minimum absolute atomic E-state index is 0.0357. The maximum absolute atomic E-state index is 12.5. The Morgan fingerprint density at radius 1 is 1.17 bits per heavy atom. The van der Waals surface area contributed by atoms with Crippen LogP contribution in [0, 0.1) is 22.0 Å². The van der Waals surface area contributed by atoms with Crippen LogP contribution in [0.5, 0.6) is 0 Å². The molecule has 1 aliphatic rings. The summed E-state index contributed by atoms with van der Waals surface area (Å²) >= 11 is 0. The summed E-state index contributed by atoms with van der Waals surface area (Å²) in [7, 11) is 0. The van der Waals surface area contributed by atoms with Crippen LogP contribution in [-0.2, 0) is 9.53 Å². The number of nitrogens with one attached hydrogen (secondary N) is 1. The minimum Gasteiger partial charge on any atom is -0.449 e. The lowest BCUT2D eigenvalue weighted by molar-refractivity contribution is -0.384. The zero-order valence-corrected chi connectivity index (χ0v) is 17.3. The van der Waals surface area contributed by atoms with Crippen molar-refractivity contribution in [3.05, 3.63) is 52.3 Å². The summed E-state index contributed by atoms with van der Waals surface area (Å²) in [5, 5.41) is 13.7. The van der Waals surface area contributed by atoms with Crippen molar-refractivity contribution in [2.75, 3.05) is 0 Å². The highest BCUT2D eigenvalue weighted by Crippen LogP contribution is 2.29. The van der Waals surface area contributed by atoms with Crippen LogP contribution < -0.4 is 5.32 Å². The van der Waals surface area contributed by atoms with E-state index in [1.807, 2.05) is 0 Å². The van der Waals surface area contributed by atoms with Crippen molar-refractivity contribution in [3.8, 4) is 11.3 Å². The van der Waals surface area contributed by atoms with E-state index >= 15 is 0 Å². The summed E-state index contributed by atoms with van der Waals surface area (Å²) in [5.74, 6) is 0.191. The number of nitro groups is 1. The Labute approximate surface area is 174 Å². The van der Waals surface area contributed by atoms with Gasteiger partial charge in [0.15, 0.2) is 6.10 Å². The number of nitrogens with zero attached hydrogens (tertiary/aromatic N) is 1. The molecular formula is C22H26N2O6. The molecule has 0 bridgehead atoms. The number of esters is 1. The van der Waals surface area contributed by atoms with Crippen LogP contribution in [0.2, 0.25) is 0 Å². The Kier molecular flexibility index (Phi) is 6.54. The number of amides is 1. The summed E-state index contributed by atoms with van der Waals surface area (Å²) in [6, 6.07) is 8.90. The minimum atomic E-state index is -0.949. The molecule has 0 aliphatic heterocycles. The number of furan rings is 1. The number of non-ortho nitro benzene ring substituents is 1. The lowest BCUT2D eigenvalue weighted by atomic mass is 9.78. The largest absolute Gasteiger partial charge is 0.449 e. The third kappa shape index (κ3) is 4.87. The maximum atomic E-state index is 12.5. The fraction of sp³-hybridized carbons (Fsp3) is 0.455. The average Bonchev–Trinajstić information content (AvgIpc) is 3.22. The smallest absolute Gasteiger partial charge is 0.375 e. The van der Waals surface area contributed by atoms with E-state index in [9.17, 15) is 19.7 Å². The summed E-state index contributed by atoms with van der Waals surface area (Å²) in [6.07, 6.45) is 2.21. The standard InChI is InChI=1S/C22H26N2O6/c1-13-5-4-6-18(14(13)2)23-21(25)15(3)29-22(26)20-12-11-19(30-20)16-7-9-17(10-8-16)24(27)28/h7-15,18H,4-6H2,1-3H3,(H,23,25)/t13-,14+,15-,18+/m1/s1. The number of ether oxygens (including phenoxy) is 1. The summed E-state index contributed by atoms with van der Waals surface area (Å²) in [4.78, 5) is 35.1. The number of benzene rings is 1. The molecule has 30 heavy (non-hydrogen) atoms. The summed E-state index contributed by atoms with van der Waals surface area (Å²) < 4.78 is 10.8. The molecule has 160 valence electrons. The van der Waals surface area contributed by atoms with E-state index in [-0.39, 0.29) is 23.4 Å². The topological polar surface area (TPSA) is 112 Å². The van der Waals surface area contributed by atoms with Gasteiger partial charge in [-0.2, -0.15) is 0 Å². The highest BCUT2D eigenvalue weighted by atomic mass is 16.6. The van der Waals surface area contributed by atoms with Crippen LogP contribution in [0.4, 0.5) is 5.69 Å². The molecule has 1 aromatic carbocycles. The molecule has 1 heterocycles. The van der Waals surface area contributed by atoms with Crippen LogP contribution in [0.1, 0.15) is 50.6 Å². The molecule has 1 amide bonds. The molecule has 0 saturated heterocycles. The Hall–Kier alpha value is -3.16. The van der Waals surface area contributed by atoms with Gasteiger partial charge in [0.1, 0.15) is 5.76 Å². The van der Waals surface area contributed by atoms with Gasteiger partial charge in [-0.15, -0.1) is 0 Å². The van der Waals surface area contributed by atoms with Crippen molar-refractivity contribution in [2.24, 2.45) is 11.8 Å². The molecule has 8 nitrogen and oxygen atoms in total. The Bertz CT molecular complexity index is 920. The first-order valence-electron chi connectivity index (χ1n) is 10.1. The average molecular weight is 414 g/mol. The van der Waals surface area contributed by atoms with Gasteiger partial charge >= 0.3 is 5.97 Å². The van der Waals surface area contributed by atoms with Crippen molar-refractivity contribution in [1.82, 2.24) is 5.32 Å². The van der Waals surface area contributed by atoms with Crippen molar-refractivity contribution < 1.29 is 23.7 Å². The van der Waals surface area contributed by atoms with E-state index < -0.39 is 17.0 Å². The molecule has 1 aliphatic carbocycles. The predicted octanol–water partition coefficient (Wildman–Crippen LogP) is 4.34. The van der Waals surface area contributed by atoms with Crippen molar-refractivity contribution in [1.29, 1.82) is 0 Å². The molecule has 3 rings (SSSR count). The SMILES string of the molecule is C[C@H]1[C@H](C)CCC[C@@H]1NC(=O)[C@@H](C)OC(=O)c1ccc(-c2ccc([N+](=O)[O-])cc2)o1. The molecule has 4 atom stereocenters. The molecular weight excluding hydrogens is 388 g/mol. The molecule has 1 N–H and O–H groups in total. The van der Waals surface area contributed by atoms with Gasteiger partial charge in [0.2, 0.25) is 5.76 Å². The number of rotatable bonds is 6. The second-order valence-corrected chi connectivity index (χ2v) is 7.90. The zero-order valence-electron chi connectivity index (χ0n) is 17.3. The van der Waals surface area contributed by atoms with Crippen molar-refractivity contribution >= 4 is 17.6 Å². The van der Waals surface area contributed by atoms with Crippen LogP contribution in [-0.4, -0.2) is 28.9 Å². The Balaban J connectivity index is 1.59. The van der Waals surface area contributed by atoms with Gasteiger partial charge in [-0.3, -0.25) is 14.9 Å². The molecule has 1 saturated carbocycles. The molecule has 0 spiro atoms. The number of nitro benzene ring substituents is 1.